The fourth-order valence-electron chi connectivity index (χ4n) is 2.10. The third-order valence-electron chi connectivity index (χ3n) is 3.06. The summed E-state index contributed by atoms with van der Waals surface area (Å²) in [5.41, 5.74) is 0.0995. The molecule has 0 heterocycles. The van der Waals surface area contributed by atoms with Crippen LogP contribution in [0.1, 0.15) is 11.1 Å². The van der Waals surface area contributed by atoms with Crippen LogP contribution in [-0.4, -0.2) is 31.1 Å². The van der Waals surface area contributed by atoms with Crippen molar-refractivity contribution in [3.8, 4) is 0 Å². The predicted molar refractivity (Wildman–Crippen MR) is 96.1 cm³/mol. The van der Waals surface area contributed by atoms with E-state index in [1.54, 1.807) is 30.3 Å². The monoisotopic (exact) mass is 397 g/mol. The number of thiocarbonyl (C=S) groups is 1. The van der Waals surface area contributed by atoms with Crippen molar-refractivity contribution in [1.82, 2.24) is 0 Å². The van der Waals surface area contributed by atoms with E-state index >= 15 is 0 Å². The van der Waals surface area contributed by atoms with Crippen LogP contribution in [0.25, 0.3) is 12.2 Å². The highest BCUT2D eigenvalue weighted by Crippen LogP contribution is 2.34. The second-order valence-electron chi connectivity index (χ2n) is 4.73. The van der Waals surface area contributed by atoms with Crippen molar-refractivity contribution in [2.24, 2.45) is 4.99 Å². The maximum absolute atomic E-state index is 11.7. The van der Waals surface area contributed by atoms with E-state index in [1.165, 1.54) is 18.2 Å². The van der Waals surface area contributed by atoms with Crippen LogP contribution in [0, 0.1) is 0 Å². The van der Waals surface area contributed by atoms with E-state index in [0.29, 0.717) is 5.56 Å². The number of aliphatic imine (C=N–C) groups is 1. The zero-order valence-corrected chi connectivity index (χ0v) is 14.8. The maximum atomic E-state index is 11.7. The van der Waals surface area contributed by atoms with E-state index in [4.69, 9.17) is 0 Å². The molecule has 0 saturated heterocycles. The third-order valence-corrected chi connectivity index (χ3v) is 5.16. The molecule has 130 valence electrons. The lowest BCUT2D eigenvalue weighted by molar-refractivity contribution is 0.466. The zero-order chi connectivity index (χ0) is 18.7. The maximum Gasteiger partial charge on any atom is 0.298 e. The standard InChI is InChI=1S/C15H11NO6S3/c17-24(18,19)14-12(7-6-11-4-2-1-3-5-11)8-9-13(16-10-23)15(14)25(20,21)22/h1-9H,(H,17,18,19)(H,20,21,22)/b7-6+. The average Bonchev–Trinajstić information content (AvgIpc) is 2.52. The summed E-state index contributed by atoms with van der Waals surface area (Å²) in [7, 11) is -10.0. The first-order chi connectivity index (χ1) is 11.6. The Morgan fingerprint density at radius 2 is 1.48 bits per heavy atom. The molecule has 0 aromatic heterocycles. The molecule has 0 saturated carbocycles. The number of hydrogen-bond acceptors (Lipinski definition) is 6. The molecule has 0 atom stereocenters. The van der Waals surface area contributed by atoms with Crippen LogP contribution >= 0.6 is 12.2 Å². The van der Waals surface area contributed by atoms with Crippen molar-refractivity contribution in [3.63, 3.8) is 0 Å². The molecular formula is C15H11NO6S3. The second-order valence-corrected chi connectivity index (χ2v) is 7.63. The van der Waals surface area contributed by atoms with Crippen molar-refractivity contribution < 1.29 is 25.9 Å². The van der Waals surface area contributed by atoms with Crippen LogP contribution in [0.4, 0.5) is 5.69 Å². The summed E-state index contributed by atoms with van der Waals surface area (Å²) in [6.07, 6.45) is 2.80. The molecule has 0 aliphatic heterocycles. The molecular weight excluding hydrogens is 386 g/mol. The van der Waals surface area contributed by atoms with Crippen LogP contribution in [0.2, 0.25) is 0 Å². The third kappa shape index (κ3) is 4.67. The van der Waals surface area contributed by atoms with E-state index in [0.717, 1.165) is 6.07 Å². The summed E-state index contributed by atoms with van der Waals surface area (Å²) in [5.74, 6) is 0. The fraction of sp³-hybridized carbons (Fsp3) is 0. The molecule has 2 aromatic carbocycles. The first kappa shape index (κ1) is 19.1. The zero-order valence-electron chi connectivity index (χ0n) is 12.4. The van der Waals surface area contributed by atoms with Gasteiger partial charge in [-0.3, -0.25) is 9.11 Å². The van der Waals surface area contributed by atoms with Gasteiger partial charge in [0.1, 0.15) is 9.79 Å². The van der Waals surface area contributed by atoms with Gasteiger partial charge in [0.25, 0.3) is 20.2 Å². The number of nitrogens with zero attached hydrogens (tertiary/aromatic N) is 1. The average molecular weight is 397 g/mol. The topological polar surface area (TPSA) is 121 Å². The van der Waals surface area contributed by atoms with Crippen molar-refractivity contribution in [2.75, 3.05) is 0 Å². The number of rotatable bonds is 5. The van der Waals surface area contributed by atoms with Gasteiger partial charge in [0.15, 0.2) is 0 Å². The summed E-state index contributed by atoms with van der Waals surface area (Å²) in [6, 6.07) is 11.1. The predicted octanol–water partition coefficient (Wildman–Crippen LogP) is 3.08. The molecule has 7 nitrogen and oxygen atoms in total. The largest absolute Gasteiger partial charge is 0.298 e. The van der Waals surface area contributed by atoms with Crippen molar-refractivity contribution in [2.45, 2.75) is 9.79 Å². The minimum Gasteiger partial charge on any atom is -0.282 e. The molecule has 2 rings (SSSR count). The Hall–Kier alpha value is -2.20. The van der Waals surface area contributed by atoms with Gasteiger partial charge in [-0.2, -0.15) is 21.8 Å². The number of hydrogen-bond donors (Lipinski definition) is 2. The van der Waals surface area contributed by atoms with Gasteiger partial charge in [0.05, 0.1) is 10.8 Å². The lowest BCUT2D eigenvalue weighted by Gasteiger charge is -2.10. The van der Waals surface area contributed by atoms with Crippen LogP contribution in [-0.2, 0) is 20.2 Å². The molecule has 2 N–H and O–H groups in total. The van der Waals surface area contributed by atoms with Crippen LogP contribution in [0.5, 0.6) is 0 Å². The molecule has 0 unspecified atom stereocenters. The minimum atomic E-state index is -5.03. The summed E-state index contributed by atoms with van der Waals surface area (Å²) in [6.45, 7) is 0. The molecule has 0 aliphatic carbocycles. The molecule has 2 aromatic rings. The van der Waals surface area contributed by atoms with Gasteiger partial charge in [-0.1, -0.05) is 48.6 Å². The quantitative estimate of drug-likeness (QED) is 0.344. The van der Waals surface area contributed by atoms with E-state index < -0.39 is 35.7 Å². The van der Waals surface area contributed by atoms with Crippen LogP contribution < -0.4 is 0 Å². The minimum absolute atomic E-state index is 0.151. The lowest BCUT2D eigenvalue weighted by atomic mass is 10.1. The van der Waals surface area contributed by atoms with E-state index in [2.05, 4.69) is 17.2 Å². The molecule has 0 bridgehead atoms. The Morgan fingerprint density at radius 3 is 2.00 bits per heavy atom. The SMILES string of the molecule is O=S(=O)(O)c1c(/C=C/c2ccccc2)ccc(N=C=S)c1S(=O)(=O)O. The van der Waals surface area contributed by atoms with Crippen molar-refractivity contribution in [3.05, 3.63) is 53.6 Å². The van der Waals surface area contributed by atoms with Gasteiger partial charge in [0.2, 0.25) is 0 Å². The van der Waals surface area contributed by atoms with E-state index in [9.17, 15) is 25.9 Å². The van der Waals surface area contributed by atoms with Crippen molar-refractivity contribution in [1.29, 1.82) is 0 Å². The first-order valence-corrected chi connectivity index (χ1v) is 9.86. The molecule has 0 radical (unpaired) electrons. The van der Waals surface area contributed by atoms with Gasteiger partial charge in [0, 0.05) is 0 Å². The van der Waals surface area contributed by atoms with Gasteiger partial charge < -0.3 is 0 Å². The Morgan fingerprint density at radius 1 is 0.880 bits per heavy atom. The van der Waals surface area contributed by atoms with E-state index in [1.807, 2.05) is 5.16 Å². The first-order valence-electron chi connectivity index (χ1n) is 6.57. The van der Waals surface area contributed by atoms with Crippen LogP contribution in [0.3, 0.4) is 0 Å². The van der Waals surface area contributed by atoms with Gasteiger partial charge >= 0.3 is 0 Å². The van der Waals surface area contributed by atoms with Gasteiger partial charge in [-0.15, -0.1) is 0 Å². The number of isothiocyanates is 1. The Bertz CT molecular complexity index is 1080. The van der Waals surface area contributed by atoms with Crippen LogP contribution in [0.15, 0.2) is 57.2 Å². The van der Waals surface area contributed by atoms with Gasteiger partial charge in [-0.05, 0) is 29.4 Å². The highest BCUT2D eigenvalue weighted by Gasteiger charge is 2.30. The molecule has 25 heavy (non-hydrogen) atoms. The highest BCUT2D eigenvalue weighted by atomic mass is 32.2. The molecule has 10 heteroatoms. The number of benzene rings is 2. The lowest BCUT2D eigenvalue weighted by Crippen LogP contribution is -2.10. The van der Waals surface area contributed by atoms with Crippen molar-refractivity contribution >= 4 is 55.5 Å². The Balaban J connectivity index is 2.82. The summed E-state index contributed by atoms with van der Waals surface area (Å²) < 4.78 is 65.7. The molecule has 0 aliphatic rings. The molecule has 0 fully saturated rings. The Kier molecular flexibility index (Phi) is 5.63. The normalized spacial score (nSPS) is 12.1. The fourth-order valence-corrected chi connectivity index (χ4v) is 4.33. The van der Waals surface area contributed by atoms with Gasteiger partial charge in [-0.25, -0.2) is 0 Å². The Labute approximate surface area is 149 Å². The summed E-state index contributed by atoms with van der Waals surface area (Å²) >= 11 is 4.38. The molecule has 0 spiro atoms. The summed E-state index contributed by atoms with van der Waals surface area (Å²) in [4.78, 5) is 1.37. The highest BCUT2D eigenvalue weighted by molar-refractivity contribution is 7.89. The molecule has 0 amide bonds. The van der Waals surface area contributed by atoms with E-state index in [-0.39, 0.29) is 5.56 Å². The summed E-state index contributed by atoms with van der Waals surface area (Å²) in [5, 5.41) is 1.89. The second kappa shape index (κ2) is 7.36. The smallest absolute Gasteiger partial charge is 0.282 e.